The summed E-state index contributed by atoms with van der Waals surface area (Å²) in [6.45, 7) is 1.55. The van der Waals surface area contributed by atoms with Crippen LogP contribution in [0.2, 0.25) is 0 Å². The van der Waals surface area contributed by atoms with E-state index in [1.54, 1.807) is 11.9 Å². The molecule has 0 unspecified atom stereocenters. The zero-order chi connectivity index (χ0) is 28.1. The van der Waals surface area contributed by atoms with Crippen LogP contribution in [-0.4, -0.2) is 65.8 Å². The molecule has 38 heavy (non-hydrogen) atoms. The van der Waals surface area contributed by atoms with Gasteiger partial charge >= 0.3 is 12.1 Å². The van der Waals surface area contributed by atoms with Crippen molar-refractivity contribution in [1.82, 2.24) is 10.2 Å². The monoisotopic (exact) mass is 532 g/mol. The van der Waals surface area contributed by atoms with Gasteiger partial charge in [0.1, 0.15) is 6.04 Å². The van der Waals surface area contributed by atoms with Crippen LogP contribution in [0.4, 0.5) is 13.2 Å². The van der Waals surface area contributed by atoms with Gasteiger partial charge in [-0.1, -0.05) is 36.4 Å². The zero-order valence-corrected chi connectivity index (χ0v) is 20.5. The molecule has 202 valence electrons. The highest BCUT2D eigenvalue weighted by Crippen LogP contribution is 2.28. The third-order valence-corrected chi connectivity index (χ3v) is 6.36. The number of halogens is 3. The first-order chi connectivity index (χ1) is 17.8. The number of nitrogens with two attached hydrogens (primary N) is 1. The molecule has 1 atom stereocenters. The van der Waals surface area contributed by atoms with E-state index in [9.17, 15) is 28.0 Å². The normalized spacial score (nSPS) is 16.9. The number of rotatable bonds is 5. The molecule has 1 fully saturated rings. The van der Waals surface area contributed by atoms with Gasteiger partial charge in [0.2, 0.25) is 5.91 Å². The Morgan fingerprint density at radius 1 is 1.18 bits per heavy atom. The lowest BCUT2D eigenvalue weighted by Crippen LogP contribution is -2.58. The maximum Gasteiger partial charge on any atom is 0.490 e. The Kier molecular flexibility index (Phi) is 8.75. The van der Waals surface area contributed by atoms with E-state index in [2.05, 4.69) is 11.4 Å². The first-order valence-electron chi connectivity index (χ1n) is 11.7. The number of nitrogens with zero attached hydrogens (tertiary/aromatic N) is 2. The Morgan fingerprint density at radius 2 is 1.76 bits per heavy atom. The summed E-state index contributed by atoms with van der Waals surface area (Å²) < 4.78 is 37.0. The number of nitrogens with one attached hydrogen (secondary N) is 1. The molecule has 12 heteroatoms. The number of carbonyl (C=O) groups is 3. The Bertz CT molecular complexity index is 1230. The number of carboxylic acids is 1. The van der Waals surface area contributed by atoms with Crippen LogP contribution in [0.5, 0.6) is 0 Å². The summed E-state index contributed by atoms with van der Waals surface area (Å²) in [5, 5.41) is 19.4. The minimum absolute atomic E-state index is 0.0447. The van der Waals surface area contributed by atoms with E-state index in [0.29, 0.717) is 39.0 Å². The van der Waals surface area contributed by atoms with Gasteiger partial charge in [-0.25, -0.2) is 4.79 Å². The van der Waals surface area contributed by atoms with E-state index in [0.717, 1.165) is 27.8 Å². The molecule has 2 aromatic carbocycles. The summed E-state index contributed by atoms with van der Waals surface area (Å²) in [6, 6.07) is 15.3. The number of hydrogen-bond acceptors (Lipinski definition) is 6. The van der Waals surface area contributed by atoms with E-state index in [4.69, 9.17) is 20.4 Å². The maximum absolute atomic E-state index is 12.6. The average molecular weight is 533 g/mol. The van der Waals surface area contributed by atoms with Crippen molar-refractivity contribution < 1.29 is 37.4 Å². The fourth-order valence-electron chi connectivity index (χ4n) is 4.09. The molecule has 1 saturated heterocycles. The molecular weight excluding hydrogens is 505 g/mol. The number of carbonyl (C=O) groups excluding carboxylic acids is 2. The van der Waals surface area contributed by atoms with E-state index < -0.39 is 23.7 Å². The summed E-state index contributed by atoms with van der Waals surface area (Å²) in [7, 11) is 1.80. The molecule has 0 aromatic heterocycles. The second-order valence-corrected chi connectivity index (χ2v) is 9.16. The number of aliphatic carboxylic acids is 1. The summed E-state index contributed by atoms with van der Waals surface area (Å²) >= 11 is 0. The number of alkyl halides is 3. The minimum Gasteiger partial charge on any atom is -0.475 e. The van der Waals surface area contributed by atoms with E-state index in [-0.39, 0.29) is 11.8 Å². The number of carboxylic acid groups (broad SMARTS) is 1. The molecule has 2 aliphatic heterocycles. The number of fused-ring (bicyclic) bond motifs is 1. The molecule has 4 N–H and O–H groups in total. The van der Waals surface area contributed by atoms with E-state index in [1.807, 2.05) is 42.5 Å². The topological polar surface area (TPSA) is 146 Å². The van der Waals surface area contributed by atoms with Crippen LogP contribution >= 0.6 is 0 Å². The van der Waals surface area contributed by atoms with Crippen molar-refractivity contribution in [2.45, 2.75) is 43.6 Å². The third kappa shape index (κ3) is 6.87. The minimum atomic E-state index is -5.08. The molecule has 9 nitrogen and oxygen atoms in total. The van der Waals surface area contributed by atoms with Gasteiger partial charge in [-0.3, -0.25) is 9.59 Å². The number of amides is 2. The number of benzene rings is 2. The second kappa shape index (κ2) is 11.6. The van der Waals surface area contributed by atoms with Crippen molar-refractivity contribution in [1.29, 1.82) is 5.26 Å². The van der Waals surface area contributed by atoms with Crippen molar-refractivity contribution in [2.75, 3.05) is 20.3 Å². The van der Waals surface area contributed by atoms with Crippen LogP contribution in [0.25, 0.3) is 11.1 Å². The lowest BCUT2D eigenvalue weighted by atomic mass is 9.90. The Hall–Kier alpha value is -3.95. The lowest BCUT2D eigenvalue weighted by molar-refractivity contribution is -0.192. The van der Waals surface area contributed by atoms with E-state index >= 15 is 0 Å². The number of hydrogen-bond donors (Lipinski definition) is 3. The molecule has 0 aliphatic carbocycles. The largest absolute Gasteiger partial charge is 0.490 e. The fraction of sp³-hybridized carbons (Fsp3) is 0.385. The van der Waals surface area contributed by atoms with Crippen LogP contribution in [0.15, 0.2) is 42.5 Å². The summed E-state index contributed by atoms with van der Waals surface area (Å²) in [5.41, 5.74) is 9.94. The Balaban J connectivity index is 0.000000505. The number of nitriles is 1. The summed E-state index contributed by atoms with van der Waals surface area (Å²) in [6.07, 6.45) is -3.79. The molecule has 2 heterocycles. The quantitative estimate of drug-likeness (QED) is 0.537. The van der Waals surface area contributed by atoms with Gasteiger partial charge in [-0.15, -0.1) is 0 Å². The maximum atomic E-state index is 12.6. The number of ether oxygens (including phenoxy) is 1. The van der Waals surface area contributed by atoms with Crippen molar-refractivity contribution in [2.24, 2.45) is 5.73 Å². The molecular formula is C26H27F3N4O5. The smallest absolute Gasteiger partial charge is 0.475 e. The van der Waals surface area contributed by atoms with Crippen LogP contribution < -0.4 is 11.1 Å². The van der Waals surface area contributed by atoms with Crippen molar-refractivity contribution >= 4 is 17.8 Å². The van der Waals surface area contributed by atoms with Crippen LogP contribution in [-0.2, 0) is 27.3 Å². The predicted molar refractivity (Wildman–Crippen MR) is 130 cm³/mol. The van der Waals surface area contributed by atoms with Crippen molar-refractivity contribution in [3.63, 3.8) is 0 Å². The zero-order valence-electron chi connectivity index (χ0n) is 20.5. The van der Waals surface area contributed by atoms with Gasteiger partial charge < -0.3 is 25.8 Å². The third-order valence-electron chi connectivity index (χ3n) is 6.36. The fourth-order valence-corrected chi connectivity index (χ4v) is 4.09. The van der Waals surface area contributed by atoms with Crippen LogP contribution in [0.1, 0.15) is 34.3 Å². The van der Waals surface area contributed by atoms with Gasteiger partial charge in [0, 0.05) is 38.8 Å². The van der Waals surface area contributed by atoms with E-state index in [1.165, 1.54) is 0 Å². The molecule has 2 amide bonds. The summed E-state index contributed by atoms with van der Waals surface area (Å²) in [4.78, 5) is 35.4. The van der Waals surface area contributed by atoms with Crippen LogP contribution in [0, 0.1) is 11.3 Å². The molecule has 0 bridgehead atoms. The van der Waals surface area contributed by atoms with Gasteiger partial charge in [0.25, 0.3) is 5.91 Å². The molecule has 4 rings (SSSR count). The Morgan fingerprint density at radius 3 is 2.32 bits per heavy atom. The highest BCUT2D eigenvalue weighted by atomic mass is 19.4. The van der Waals surface area contributed by atoms with Crippen molar-refractivity contribution in [3.8, 4) is 17.2 Å². The highest BCUT2D eigenvalue weighted by molar-refractivity contribution is 5.99. The predicted octanol–water partition coefficient (Wildman–Crippen LogP) is 2.63. The lowest BCUT2D eigenvalue weighted by Gasteiger charge is -2.32. The SMILES string of the molecule is CN1Cc2ccc(-c3ccc(C[C@@H](C#N)NC(=O)C4(N)CCOCC4)cc3)cc2C1=O.O=C(O)C(F)(F)F. The standard InChI is InChI=1S/C24H26N4O3.C2HF3O2/c1-28-15-19-7-6-18(13-21(19)22(28)29)17-4-2-16(3-5-17)12-20(14-25)27-23(30)24(26)8-10-31-11-9-24;3-2(4,5)1(6)7/h2-7,13,20H,8-12,15,26H2,1H3,(H,27,30);(H,6,7)/t20-;/m0./s1. The van der Waals surface area contributed by atoms with Gasteiger partial charge in [-0.2, -0.15) is 18.4 Å². The van der Waals surface area contributed by atoms with Gasteiger partial charge in [-0.05, 0) is 41.2 Å². The first-order valence-corrected chi connectivity index (χ1v) is 11.7. The second-order valence-electron chi connectivity index (χ2n) is 9.16. The van der Waals surface area contributed by atoms with Crippen molar-refractivity contribution in [3.05, 3.63) is 59.2 Å². The highest BCUT2D eigenvalue weighted by Gasteiger charge is 2.38. The Labute approximate surface area is 217 Å². The molecule has 0 saturated carbocycles. The van der Waals surface area contributed by atoms with Gasteiger partial charge in [0.05, 0.1) is 11.6 Å². The molecule has 0 radical (unpaired) electrons. The molecule has 2 aliphatic rings. The molecule has 0 spiro atoms. The van der Waals surface area contributed by atoms with Gasteiger partial charge in [0.15, 0.2) is 0 Å². The first kappa shape index (κ1) is 28.6. The van der Waals surface area contributed by atoms with Crippen LogP contribution in [0.3, 0.4) is 0 Å². The average Bonchev–Trinajstić information content (AvgIpc) is 3.17. The molecule has 2 aromatic rings. The summed E-state index contributed by atoms with van der Waals surface area (Å²) in [5.74, 6) is -3.01.